The van der Waals surface area contributed by atoms with E-state index in [-0.39, 0.29) is 34.7 Å². The second-order valence-corrected chi connectivity index (χ2v) is 9.54. The molecule has 0 aliphatic carbocycles. The van der Waals surface area contributed by atoms with E-state index in [1.165, 1.54) is 37.4 Å². The van der Waals surface area contributed by atoms with Crippen LogP contribution < -0.4 is 0 Å². The van der Waals surface area contributed by atoms with Crippen LogP contribution in [0.25, 0.3) is 10.9 Å². The van der Waals surface area contributed by atoms with E-state index in [0.717, 1.165) is 16.8 Å². The molecule has 0 N–H and O–H groups in total. The number of nitrogens with zero attached hydrogens (tertiary/aromatic N) is 2. The Morgan fingerprint density at radius 2 is 1.85 bits per heavy atom. The molecule has 2 aromatic heterocycles. The van der Waals surface area contributed by atoms with Crippen LogP contribution in [0.15, 0.2) is 76.8 Å². The van der Waals surface area contributed by atoms with Crippen LogP contribution in [-0.4, -0.2) is 30.5 Å². The van der Waals surface area contributed by atoms with Gasteiger partial charge >= 0.3 is 5.97 Å². The maximum Gasteiger partial charge on any atom is 0.302 e. The normalized spacial score (nSPS) is 11.6. The van der Waals surface area contributed by atoms with Gasteiger partial charge in [-0.05, 0) is 54.4 Å². The highest BCUT2D eigenvalue weighted by atomic mass is 32.2. The van der Waals surface area contributed by atoms with Gasteiger partial charge in [-0.2, -0.15) is 0 Å². The fraction of sp³-hybridized carbons (Fsp3) is 0.200. The molecule has 6 nitrogen and oxygen atoms in total. The molecule has 33 heavy (non-hydrogen) atoms. The molecule has 0 radical (unpaired) electrons. The first-order valence-corrected chi connectivity index (χ1v) is 11.9. The summed E-state index contributed by atoms with van der Waals surface area (Å²) in [6.07, 6.45) is 1.70. The first-order chi connectivity index (χ1) is 15.8. The van der Waals surface area contributed by atoms with Gasteiger partial charge in [0.2, 0.25) is 9.84 Å². The average molecular weight is 467 g/mol. The molecule has 0 saturated heterocycles. The summed E-state index contributed by atoms with van der Waals surface area (Å²) < 4.78 is 47.8. The van der Waals surface area contributed by atoms with Crippen molar-refractivity contribution >= 4 is 26.7 Å². The number of fused-ring (bicyclic) bond motifs is 1. The highest BCUT2D eigenvalue weighted by molar-refractivity contribution is 7.91. The Kier molecular flexibility index (Phi) is 6.29. The van der Waals surface area contributed by atoms with Gasteiger partial charge in [0, 0.05) is 36.1 Å². The molecule has 0 spiro atoms. The Balaban J connectivity index is 1.80. The van der Waals surface area contributed by atoms with E-state index in [9.17, 15) is 17.6 Å². The molecular weight excluding hydrogens is 443 g/mol. The predicted molar refractivity (Wildman–Crippen MR) is 122 cm³/mol. The lowest BCUT2D eigenvalue weighted by molar-refractivity contribution is -0.141. The number of esters is 1. The fourth-order valence-corrected chi connectivity index (χ4v) is 5.44. The first-order valence-electron chi connectivity index (χ1n) is 10.4. The molecule has 0 atom stereocenters. The van der Waals surface area contributed by atoms with Crippen LogP contribution in [0.2, 0.25) is 0 Å². The van der Waals surface area contributed by atoms with Crippen molar-refractivity contribution in [2.75, 3.05) is 6.61 Å². The van der Waals surface area contributed by atoms with Gasteiger partial charge in [-0.1, -0.05) is 24.3 Å². The van der Waals surface area contributed by atoms with E-state index in [1.807, 2.05) is 11.5 Å². The quantitative estimate of drug-likeness (QED) is 0.376. The highest BCUT2D eigenvalue weighted by Gasteiger charge is 2.24. The highest BCUT2D eigenvalue weighted by Crippen LogP contribution is 2.31. The SMILES string of the molecule is CC(=O)OCCn1c(C)c(Cc2cccnc2S(=O)(=O)c2ccccc2)c2cc(F)ccc21. The molecule has 0 saturated carbocycles. The van der Waals surface area contributed by atoms with Crippen LogP contribution >= 0.6 is 0 Å². The van der Waals surface area contributed by atoms with E-state index in [0.29, 0.717) is 17.5 Å². The molecule has 0 aliphatic heterocycles. The summed E-state index contributed by atoms with van der Waals surface area (Å²) in [7, 11) is -3.83. The van der Waals surface area contributed by atoms with Crippen LogP contribution in [0.1, 0.15) is 23.7 Å². The summed E-state index contributed by atoms with van der Waals surface area (Å²) in [5.41, 5.74) is 2.94. The Morgan fingerprint density at radius 3 is 2.58 bits per heavy atom. The lowest BCUT2D eigenvalue weighted by atomic mass is 10.0. The van der Waals surface area contributed by atoms with Crippen molar-refractivity contribution in [3.8, 4) is 0 Å². The minimum Gasteiger partial charge on any atom is -0.464 e. The predicted octanol–water partition coefficient (Wildman–Crippen LogP) is 4.47. The van der Waals surface area contributed by atoms with Crippen LogP contribution in [0.3, 0.4) is 0 Å². The Hall–Kier alpha value is -3.52. The second-order valence-electron chi connectivity index (χ2n) is 7.68. The van der Waals surface area contributed by atoms with Crippen molar-refractivity contribution in [3.63, 3.8) is 0 Å². The topological polar surface area (TPSA) is 78.3 Å². The number of sulfone groups is 1. The van der Waals surface area contributed by atoms with Crippen molar-refractivity contribution in [3.05, 3.63) is 89.5 Å². The van der Waals surface area contributed by atoms with E-state index < -0.39 is 9.84 Å². The van der Waals surface area contributed by atoms with Crippen molar-refractivity contribution in [1.29, 1.82) is 0 Å². The monoisotopic (exact) mass is 466 g/mol. The van der Waals surface area contributed by atoms with Gasteiger partial charge in [0.25, 0.3) is 0 Å². The number of pyridine rings is 1. The average Bonchev–Trinajstić information content (AvgIpc) is 3.05. The largest absolute Gasteiger partial charge is 0.464 e. The van der Waals surface area contributed by atoms with Crippen LogP contribution in [0, 0.1) is 12.7 Å². The third kappa shape index (κ3) is 4.52. The van der Waals surface area contributed by atoms with Gasteiger partial charge in [0.15, 0.2) is 5.03 Å². The molecule has 0 unspecified atom stereocenters. The Morgan fingerprint density at radius 1 is 1.09 bits per heavy atom. The second kappa shape index (κ2) is 9.15. The molecule has 0 fully saturated rings. The molecule has 170 valence electrons. The molecule has 2 heterocycles. The third-order valence-electron chi connectivity index (χ3n) is 5.56. The van der Waals surface area contributed by atoms with Crippen molar-refractivity contribution < 1.29 is 22.3 Å². The summed E-state index contributed by atoms with van der Waals surface area (Å²) in [5.74, 6) is -0.759. The van der Waals surface area contributed by atoms with E-state index in [2.05, 4.69) is 4.98 Å². The summed E-state index contributed by atoms with van der Waals surface area (Å²) >= 11 is 0. The minimum atomic E-state index is -3.83. The lowest BCUT2D eigenvalue weighted by Crippen LogP contribution is -2.11. The van der Waals surface area contributed by atoms with Gasteiger partial charge in [-0.25, -0.2) is 17.8 Å². The number of hydrogen-bond donors (Lipinski definition) is 0. The summed E-state index contributed by atoms with van der Waals surface area (Å²) in [4.78, 5) is 15.5. The third-order valence-corrected chi connectivity index (χ3v) is 7.33. The smallest absolute Gasteiger partial charge is 0.302 e. The van der Waals surface area contributed by atoms with Gasteiger partial charge in [-0.3, -0.25) is 4.79 Å². The molecule has 4 rings (SSSR count). The van der Waals surface area contributed by atoms with Gasteiger partial charge in [-0.15, -0.1) is 0 Å². The van der Waals surface area contributed by atoms with Crippen LogP contribution in [0.5, 0.6) is 0 Å². The summed E-state index contributed by atoms with van der Waals surface area (Å²) in [5, 5.41) is 0.662. The Labute approximate surface area is 191 Å². The van der Waals surface area contributed by atoms with Crippen molar-refractivity contribution in [2.24, 2.45) is 0 Å². The maximum absolute atomic E-state index is 14.2. The number of benzene rings is 2. The molecular formula is C25H23FN2O4S. The zero-order valence-electron chi connectivity index (χ0n) is 18.3. The maximum atomic E-state index is 14.2. The van der Waals surface area contributed by atoms with Gasteiger partial charge in [0.1, 0.15) is 12.4 Å². The van der Waals surface area contributed by atoms with Gasteiger partial charge < -0.3 is 9.30 Å². The summed E-state index contributed by atoms with van der Waals surface area (Å²) in [6.45, 7) is 3.81. The zero-order valence-corrected chi connectivity index (χ0v) is 19.1. The number of aromatic nitrogens is 2. The first kappa shape index (κ1) is 22.7. The van der Waals surface area contributed by atoms with Gasteiger partial charge in [0.05, 0.1) is 11.4 Å². The molecule has 2 aromatic carbocycles. The number of rotatable bonds is 7. The zero-order chi connectivity index (χ0) is 23.6. The molecule has 0 bridgehead atoms. The Bertz CT molecular complexity index is 1430. The fourth-order valence-electron chi connectivity index (χ4n) is 4.02. The number of ether oxygens (including phenoxy) is 1. The number of carbonyl (C=O) groups excluding carboxylic acids is 1. The summed E-state index contributed by atoms with van der Waals surface area (Å²) in [6, 6.07) is 16.1. The van der Waals surface area contributed by atoms with Crippen LogP contribution in [0.4, 0.5) is 4.39 Å². The van der Waals surface area contributed by atoms with Crippen molar-refractivity contribution in [2.45, 2.75) is 36.7 Å². The molecule has 0 aliphatic rings. The molecule has 8 heteroatoms. The van der Waals surface area contributed by atoms with E-state index in [1.54, 1.807) is 36.4 Å². The molecule has 0 amide bonds. The van der Waals surface area contributed by atoms with Crippen LogP contribution in [-0.2, 0) is 32.3 Å². The minimum absolute atomic E-state index is 0.0205. The number of halogens is 1. The number of hydrogen-bond acceptors (Lipinski definition) is 5. The number of carbonyl (C=O) groups is 1. The van der Waals surface area contributed by atoms with E-state index >= 15 is 0 Å². The van der Waals surface area contributed by atoms with Crippen molar-refractivity contribution in [1.82, 2.24) is 9.55 Å². The van der Waals surface area contributed by atoms with E-state index in [4.69, 9.17) is 4.74 Å². The lowest BCUT2D eigenvalue weighted by Gasteiger charge is -2.11. The standard InChI is InChI=1S/C25H23FN2O4S/c1-17-22(23-16-20(26)10-11-24(23)28(17)13-14-32-18(2)29)15-19-7-6-12-27-25(19)33(30,31)21-8-4-3-5-9-21/h3-12,16H,13-15H2,1-2H3. The molecule has 4 aromatic rings.